The molecule has 0 unspecified atom stereocenters. The van der Waals surface area contributed by atoms with E-state index in [0.29, 0.717) is 22.8 Å². The number of hydrogen-bond donors (Lipinski definition) is 1. The van der Waals surface area contributed by atoms with Crippen molar-refractivity contribution in [2.45, 2.75) is 19.8 Å². The summed E-state index contributed by atoms with van der Waals surface area (Å²) in [7, 11) is 0. The zero-order valence-electron chi connectivity index (χ0n) is 7.61. The molecule has 2 rings (SSSR count). The standard InChI is InChI=1S/C9H11N3O/c1-5(2)8-12-7-6(10)3-4-11-9(7)13-8/h3-5H,1-2H3,(H2,10,11). The van der Waals surface area contributed by atoms with Crippen molar-refractivity contribution in [1.82, 2.24) is 9.97 Å². The molecule has 4 nitrogen and oxygen atoms in total. The first-order valence-electron chi connectivity index (χ1n) is 4.19. The maximum absolute atomic E-state index is 5.71. The molecule has 13 heavy (non-hydrogen) atoms. The van der Waals surface area contributed by atoms with Crippen LogP contribution in [0.5, 0.6) is 0 Å². The summed E-state index contributed by atoms with van der Waals surface area (Å²) in [6, 6.07) is 1.72. The van der Waals surface area contributed by atoms with Gasteiger partial charge in [-0.15, -0.1) is 0 Å². The molecular formula is C9H11N3O. The molecular weight excluding hydrogens is 166 g/mol. The smallest absolute Gasteiger partial charge is 0.249 e. The van der Waals surface area contributed by atoms with Gasteiger partial charge in [0.25, 0.3) is 0 Å². The van der Waals surface area contributed by atoms with Crippen molar-refractivity contribution < 1.29 is 4.42 Å². The van der Waals surface area contributed by atoms with Crippen molar-refractivity contribution in [3.63, 3.8) is 0 Å². The fourth-order valence-electron chi connectivity index (χ4n) is 1.11. The largest absolute Gasteiger partial charge is 0.422 e. The van der Waals surface area contributed by atoms with Gasteiger partial charge in [0.2, 0.25) is 5.71 Å². The SMILES string of the molecule is CC(C)c1nc2c(N)ccnc2o1. The molecule has 4 heteroatoms. The lowest BCUT2D eigenvalue weighted by Gasteiger charge is -1.93. The first kappa shape index (κ1) is 8.04. The van der Waals surface area contributed by atoms with E-state index in [1.807, 2.05) is 13.8 Å². The van der Waals surface area contributed by atoms with Crippen LogP contribution in [0.4, 0.5) is 5.69 Å². The molecule has 0 saturated heterocycles. The molecule has 0 radical (unpaired) electrons. The molecule has 0 aromatic carbocycles. The molecule has 0 aliphatic heterocycles. The van der Waals surface area contributed by atoms with E-state index in [0.717, 1.165) is 0 Å². The van der Waals surface area contributed by atoms with E-state index in [1.165, 1.54) is 0 Å². The van der Waals surface area contributed by atoms with Crippen LogP contribution in [0.2, 0.25) is 0 Å². The third-order valence-corrected chi connectivity index (χ3v) is 1.84. The third kappa shape index (κ3) is 1.24. The molecule has 0 aliphatic carbocycles. The summed E-state index contributed by atoms with van der Waals surface area (Å²) in [6.07, 6.45) is 1.62. The number of pyridine rings is 1. The van der Waals surface area contributed by atoms with Crippen molar-refractivity contribution in [3.8, 4) is 0 Å². The summed E-state index contributed by atoms with van der Waals surface area (Å²) >= 11 is 0. The van der Waals surface area contributed by atoms with Crippen LogP contribution in [0.15, 0.2) is 16.7 Å². The number of nitrogens with two attached hydrogens (primary N) is 1. The first-order valence-corrected chi connectivity index (χ1v) is 4.19. The van der Waals surface area contributed by atoms with Crippen molar-refractivity contribution in [1.29, 1.82) is 0 Å². The van der Waals surface area contributed by atoms with E-state index in [-0.39, 0.29) is 5.92 Å². The molecule has 0 amide bonds. The molecule has 2 aromatic heterocycles. The maximum Gasteiger partial charge on any atom is 0.249 e. The van der Waals surface area contributed by atoms with E-state index >= 15 is 0 Å². The van der Waals surface area contributed by atoms with Gasteiger partial charge in [0.15, 0.2) is 11.4 Å². The van der Waals surface area contributed by atoms with Gasteiger partial charge in [-0.2, -0.15) is 0 Å². The van der Waals surface area contributed by atoms with E-state index < -0.39 is 0 Å². The van der Waals surface area contributed by atoms with Crippen molar-refractivity contribution >= 4 is 16.9 Å². The Balaban J connectivity index is 2.68. The summed E-state index contributed by atoms with van der Waals surface area (Å²) in [5.41, 5.74) is 7.49. The summed E-state index contributed by atoms with van der Waals surface area (Å²) in [5, 5.41) is 0. The monoisotopic (exact) mass is 177 g/mol. The van der Waals surface area contributed by atoms with Crippen LogP contribution in [0.1, 0.15) is 25.7 Å². The molecule has 0 aliphatic rings. The normalized spacial score (nSPS) is 11.3. The molecule has 0 atom stereocenters. The van der Waals surface area contributed by atoms with Crippen LogP contribution < -0.4 is 5.73 Å². The Bertz CT molecular complexity index is 433. The van der Waals surface area contributed by atoms with E-state index in [2.05, 4.69) is 9.97 Å². The number of fused-ring (bicyclic) bond motifs is 1. The quantitative estimate of drug-likeness (QED) is 0.722. The fraction of sp³-hybridized carbons (Fsp3) is 0.333. The summed E-state index contributed by atoms with van der Waals surface area (Å²) in [4.78, 5) is 8.29. The number of anilines is 1. The highest BCUT2D eigenvalue weighted by molar-refractivity contribution is 5.81. The lowest BCUT2D eigenvalue weighted by atomic mass is 10.2. The van der Waals surface area contributed by atoms with Gasteiger partial charge in [-0.05, 0) is 6.07 Å². The number of aromatic nitrogens is 2. The van der Waals surface area contributed by atoms with Gasteiger partial charge in [-0.3, -0.25) is 0 Å². The van der Waals surface area contributed by atoms with Gasteiger partial charge in [0, 0.05) is 12.1 Å². The molecule has 2 heterocycles. The predicted octanol–water partition coefficient (Wildman–Crippen LogP) is 1.93. The van der Waals surface area contributed by atoms with Crippen molar-refractivity contribution in [2.24, 2.45) is 0 Å². The van der Waals surface area contributed by atoms with Crippen LogP contribution in [0, 0.1) is 0 Å². The van der Waals surface area contributed by atoms with Crippen molar-refractivity contribution in [3.05, 3.63) is 18.2 Å². The lowest BCUT2D eigenvalue weighted by molar-refractivity contribution is 0.494. The number of nitrogen functional groups attached to an aromatic ring is 1. The van der Waals surface area contributed by atoms with Crippen LogP contribution in [-0.2, 0) is 0 Å². The van der Waals surface area contributed by atoms with Gasteiger partial charge in [-0.25, -0.2) is 9.97 Å². The average molecular weight is 177 g/mol. The van der Waals surface area contributed by atoms with E-state index in [4.69, 9.17) is 10.2 Å². The van der Waals surface area contributed by atoms with Gasteiger partial charge in [0.1, 0.15) is 0 Å². The third-order valence-electron chi connectivity index (χ3n) is 1.84. The summed E-state index contributed by atoms with van der Waals surface area (Å²) < 4.78 is 5.41. The summed E-state index contributed by atoms with van der Waals surface area (Å²) in [6.45, 7) is 4.03. The minimum atomic E-state index is 0.258. The Labute approximate surface area is 75.8 Å². The molecule has 0 saturated carbocycles. The van der Waals surface area contributed by atoms with E-state index in [1.54, 1.807) is 12.3 Å². The van der Waals surface area contributed by atoms with Crippen molar-refractivity contribution in [2.75, 3.05) is 5.73 Å². The number of rotatable bonds is 1. The highest BCUT2D eigenvalue weighted by atomic mass is 16.4. The Kier molecular flexibility index (Phi) is 1.69. The molecule has 0 spiro atoms. The highest BCUT2D eigenvalue weighted by Crippen LogP contribution is 2.22. The number of oxazole rings is 1. The van der Waals surface area contributed by atoms with Crippen LogP contribution in [0.3, 0.4) is 0 Å². The highest BCUT2D eigenvalue weighted by Gasteiger charge is 2.11. The Morgan fingerprint density at radius 3 is 2.85 bits per heavy atom. The molecule has 0 fully saturated rings. The van der Waals surface area contributed by atoms with Crippen LogP contribution in [-0.4, -0.2) is 9.97 Å². The van der Waals surface area contributed by atoms with Gasteiger partial charge >= 0.3 is 0 Å². The second-order valence-corrected chi connectivity index (χ2v) is 3.26. The molecule has 2 N–H and O–H groups in total. The molecule has 2 aromatic rings. The fourth-order valence-corrected chi connectivity index (χ4v) is 1.11. The summed E-state index contributed by atoms with van der Waals surface area (Å²) in [5.74, 6) is 0.939. The van der Waals surface area contributed by atoms with Gasteiger partial charge < -0.3 is 10.2 Å². The first-order chi connectivity index (χ1) is 6.18. The lowest BCUT2D eigenvalue weighted by Crippen LogP contribution is -1.88. The number of hydrogen-bond acceptors (Lipinski definition) is 4. The van der Waals surface area contributed by atoms with E-state index in [9.17, 15) is 0 Å². The van der Waals surface area contributed by atoms with Crippen LogP contribution >= 0.6 is 0 Å². The topological polar surface area (TPSA) is 64.9 Å². The maximum atomic E-state index is 5.71. The zero-order valence-corrected chi connectivity index (χ0v) is 7.61. The minimum absolute atomic E-state index is 0.258. The second kappa shape index (κ2) is 2.73. The minimum Gasteiger partial charge on any atom is -0.422 e. The molecule has 0 bridgehead atoms. The van der Waals surface area contributed by atoms with Gasteiger partial charge in [0.05, 0.1) is 5.69 Å². The zero-order chi connectivity index (χ0) is 9.42. The Morgan fingerprint density at radius 1 is 1.46 bits per heavy atom. The average Bonchev–Trinajstić information content (AvgIpc) is 2.49. The predicted molar refractivity (Wildman–Crippen MR) is 50.3 cm³/mol. The number of nitrogens with zero attached hydrogens (tertiary/aromatic N) is 2. The van der Waals surface area contributed by atoms with Crippen LogP contribution in [0.25, 0.3) is 11.2 Å². The van der Waals surface area contributed by atoms with Gasteiger partial charge in [-0.1, -0.05) is 13.8 Å². The Morgan fingerprint density at radius 2 is 2.23 bits per heavy atom. The second-order valence-electron chi connectivity index (χ2n) is 3.26. The molecule has 68 valence electrons. The Hall–Kier alpha value is -1.58.